The normalized spacial score (nSPS) is 28.2. The summed E-state index contributed by atoms with van der Waals surface area (Å²) < 4.78 is 0. The summed E-state index contributed by atoms with van der Waals surface area (Å²) in [5.74, 6) is 0.231. The molecule has 0 unspecified atom stereocenters. The van der Waals surface area contributed by atoms with Crippen LogP contribution < -0.4 is 5.32 Å². The molecule has 4 heteroatoms. The van der Waals surface area contributed by atoms with Crippen molar-refractivity contribution in [2.24, 2.45) is 5.92 Å². The van der Waals surface area contributed by atoms with Gasteiger partial charge >= 0.3 is 6.03 Å². The van der Waals surface area contributed by atoms with Crippen molar-refractivity contribution >= 4 is 11.9 Å². The van der Waals surface area contributed by atoms with E-state index in [0.29, 0.717) is 6.54 Å². The number of nitrogens with zero attached hydrogens (tertiary/aromatic N) is 1. The van der Waals surface area contributed by atoms with E-state index in [1.165, 1.54) is 10.5 Å². The number of aryl methyl sites for hydroxylation is 1. The quantitative estimate of drug-likeness (QED) is 0.869. The Morgan fingerprint density at radius 3 is 2.73 bits per heavy atom. The monoisotopic (exact) mass is 300 g/mol. The van der Waals surface area contributed by atoms with Crippen LogP contribution in [0.1, 0.15) is 44.6 Å². The number of urea groups is 1. The van der Waals surface area contributed by atoms with Crippen molar-refractivity contribution in [3.63, 3.8) is 0 Å². The molecular weight excluding hydrogens is 276 g/mol. The van der Waals surface area contributed by atoms with Gasteiger partial charge in [0.05, 0.1) is 0 Å². The van der Waals surface area contributed by atoms with Gasteiger partial charge in [0.2, 0.25) is 0 Å². The van der Waals surface area contributed by atoms with E-state index in [-0.39, 0.29) is 17.9 Å². The van der Waals surface area contributed by atoms with Crippen LogP contribution in [0.25, 0.3) is 0 Å². The molecule has 0 bridgehead atoms. The first kappa shape index (κ1) is 15.1. The van der Waals surface area contributed by atoms with E-state index in [4.69, 9.17) is 0 Å². The number of hydrogen-bond donors (Lipinski definition) is 1. The number of carbonyl (C=O) groups is 2. The molecule has 4 nitrogen and oxygen atoms in total. The summed E-state index contributed by atoms with van der Waals surface area (Å²) in [6.07, 6.45) is 5.68. The summed E-state index contributed by atoms with van der Waals surface area (Å²) in [6.45, 7) is 2.60. The summed E-state index contributed by atoms with van der Waals surface area (Å²) >= 11 is 0. The molecule has 3 amide bonds. The van der Waals surface area contributed by atoms with Crippen molar-refractivity contribution in [3.8, 4) is 0 Å². The van der Waals surface area contributed by atoms with Crippen molar-refractivity contribution in [1.29, 1.82) is 0 Å². The Kier molecular flexibility index (Phi) is 4.19. The van der Waals surface area contributed by atoms with Crippen LogP contribution in [0.4, 0.5) is 4.79 Å². The molecule has 1 aromatic rings. The number of rotatable bonds is 4. The van der Waals surface area contributed by atoms with Gasteiger partial charge in [0.1, 0.15) is 5.54 Å². The molecule has 0 radical (unpaired) electrons. The third-order valence-electron chi connectivity index (χ3n) is 5.19. The minimum atomic E-state index is -0.623. The van der Waals surface area contributed by atoms with Gasteiger partial charge in [-0.1, -0.05) is 50.1 Å². The maximum absolute atomic E-state index is 12.8. The highest BCUT2D eigenvalue weighted by Gasteiger charge is 2.54. The predicted molar refractivity (Wildman–Crippen MR) is 85.4 cm³/mol. The Morgan fingerprint density at radius 1 is 1.23 bits per heavy atom. The van der Waals surface area contributed by atoms with Gasteiger partial charge in [-0.15, -0.1) is 0 Å². The van der Waals surface area contributed by atoms with Crippen molar-refractivity contribution in [2.75, 3.05) is 6.54 Å². The minimum absolute atomic E-state index is 0.00207. The first-order valence-electron chi connectivity index (χ1n) is 8.31. The summed E-state index contributed by atoms with van der Waals surface area (Å²) in [5.41, 5.74) is 0.623. The van der Waals surface area contributed by atoms with Crippen LogP contribution in [0, 0.1) is 5.92 Å². The average Bonchev–Trinajstić information content (AvgIpc) is 2.76. The lowest BCUT2D eigenvalue weighted by molar-refractivity contribution is -0.134. The Bertz CT molecular complexity index is 557. The van der Waals surface area contributed by atoms with Gasteiger partial charge in [-0.05, 0) is 37.2 Å². The van der Waals surface area contributed by atoms with E-state index in [9.17, 15) is 9.59 Å². The molecule has 1 aromatic carbocycles. The lowest BCUT2D eigenvalue weighted by atomic mass is 9.73. The number of nitrogens with one attached hydrogen (secondary N) is 1. The van der Waals surface area contributed by atoms with Crippen LogP contribution in [0.5, 0.6) is 0 Å². The molecule has 1 spiro atoms. The number of carbonyl (C=O) groups excluding carboxylic acids is 2. The van der Waals surface area contributed by atoms with Gasteiger partial charge in [0.25, 0.3) is 5.91 Å². The van der Waals surface area contributed by atoms with Crippen LogP contribution >= 0.6 is 0 Å². The second kappa shape index (κ2) is 6.11. The van der Waals surface area contributed by atoms with Gasteiger partial charge in [-0.25, -0.2) is 4.79 Å². The van der Waals surface area contributed by atoms with Crippen molar-refractivity contribution in [1.82, 2.24) is 10.2 Å². The molecule has 2 aliphatic rings. The molecule has 1 saturated heterocycles. The molecule has 2 atom stereocenters. The molecule has 22 heavy (non-hydrogen) atoms. The van der Waals surface area contributed by atoms with Gasteiger partial charge in [-0.2, -0.15) is 0 Å². The number of amides is 3. The van der Waals surface area contributed by atoms with Gasteiger partial charge in [0, 0.05) is 6.54 Å². The zero-order valence-electron chi connectivity index (χ0n) is 13.2. The number of benzene rings is 1. The van der Waals surface area contributed by atoms with Crippen LogP contribution in [-0.2, 0) is 11.2 Å². The standard InChI is InChI=1S/C18H24N2O2/c1-14-8-5-6-12-18(14)16(21)20(17(22)19-18)13-7-11-15-9-3-2-4-10-15/h2-4,9-10,14H,5-8,11-13H2,1H3,(H,19,22)/t14-,18+/m0/s1. The molecule has 1 N–H and O–H groups in total. The van der Waals surface area contributed by atoms with Crippen LogP contribution in [0.2, 0.25) is 0 Å². The van der Waals surface area contributed by atoms with Gasteiger partial charge in [-0.3, -0.25) is 9.69 Å². The Labute approximate surface area is 131 Å². The average molecular weight is 300 g/mol. The Hall–Kier alpha value is -1.84. The summed E-state index contributed by atoms with van der Waals surface area (Å²) in [5, 5.41) is 3.00. The van der Waals surface area contributed by atoms with E-state index in [1.54, 1.807) is 0 Å². The van der Waals surface area contributed by atoms with Gasteiger partial charge < -0.3 is 5.32 Å². The van der Waals surface area contributed by atoms with Crippen LogP contribution in [0.3, 0.4) is 0 Å². The molecule has 2 fully saturated rings. The topological polar surface area (TPSA) is 49.4 Å². The highest BCUT2D eigenvalue weighted by atomic mass is 16.2. The van der Waals surface area contributed by atoms with E-state index < -0.39 is 5.54 Å². The summed E-state index contributed by atoms with van der Waals surface area (Å²) in [7, 11) is 0. The smallest absolute Gasteiger partial charge is 0.323 e. The summed E-state index contributed by atoms with van der Waals surface area (Å²) in [4.78, 5) is 26.5. The second-order valence-electron chi connectivity index (χ2n) is 6.59. The fraction of sp³-hybridized carbons (Fsp3) is 0.556. The van der Waals surface area contributed by atoms with Crippen LogP contribution in [0.15, 0.2) is 30.3 Å². The zero-order valence-corrected chi connectivity index (χ0v) is 13.2. The van der Waals surface area contributed by atoms with Gasteiger partial charge in [0.15, 0.2) is 0 Å². The summed E-state index contributed by atoms with van der Waals surface area (Å²) in [6, 6.07) is 9.98. The van der Waals surface area contributed by atoms with Crippen molar-refractivity contribution in [3.05, 3.63) is 35.9 Å². The fourth-order valence-corrected chi connectivity index (χ4v) is 3.78. The maximum Gasteiger partial charge on any atom is 0.325 e. The van der Waals surface area contributed by atoms with E-state index in [2.05, 4.69) is 24.4 Å². The first-order chi connectivity index (χ1) is 10.6. The third kappa shape index (κ3) is 2.62. The number of imide groups is 1. The molecule has 1 heterocycles. The molecule has 118 valence electrons. The molecular formula is C18H24N2O2. The second-order valence-corrected chi connectivity index (χ2v) is 6.59. The van der Waals surface area contributed by atoms with E-state index >= 15 is 0 Å². The molecule has 3 rings (SSSR count). The maximum atomic E-state index is 12.8. The lowest BCUT2D eigenvalue weighted by Gasteiger charge is -2.36. The van der Waals surface area contributed by atoms with E-state index in [1.807, 2.05) is 18.2 Å². The Balaban J connectivity index is 1.62. The Morgan fingerprint density at radius 2 is 2.00 bits per heavy atom. The third-order valence-corrected chi connectivity index (χ3v) is 5.19. The minimum Gasteiger partial charge on any atom is -0.323 e. The lowest BCUT2D eigenvalue weighted by Crippen LogP contribution is -2.53. The number of hydrogen-bond acceptors (Lipinski definition) is 2. The molecule has 1 saturated carbocycles. The largest absolute Gasteiger partial charge is 0.325 e. The molecule has 1 aliphatic heterocycles. The van der Waals surface area contributed by atoms with E-state index in [0.717, 1.165) is 38.5 Å². The molecule has 1 aliphatic carbocycles. The fourth-order valence-electron chi connectivity index (χ4n) is 3.78. The molecule has 0 aromatic heterocycles. The SMILES string of the molecule is C[C@H]1CCCC[C@@]12NC(=O)N(CCCc1ccccc1)C2=O. The zero-order chi connectivity index (χ0) is 15.6. The highest BCUT2D eigenvalue weighted by molar-refractivity contribution is 6.07. The van der Waals surface area contributed by atoms with Crippen LogP contribution in [-0.4, -0.2) is 28.9 Å². The predicted octanol–water partition coefficient (Wildman–Crippen LogP) is 3.12. The van der Waals surface area contributed by atoms with Crippen molar-refractivity contribution in [2.45, 2.75) is 51.0 Å². The highest BCUT2D eigenvalue weighted by Crippen LogP contribution is 2.38. The first-order valence-corrected chi connectivity index (χ1v) is 8.31. The van der Waals surface area contributed by atoms with Crippen molar-refractivity contribution < 1.29 is 9.59 Å².